The standard InChI is InChI=1S/C19H20Cl2N4O3S/c1-9(2)23-17(26)15-7-11-16(24-19(22)25-18(11)29-15)10-6-14(28-5-4-27-3)13(21)8-12(10)20/h6-9H,4-5H2,1-3H3,(H,23,26)(H2,22,24,25). The Morgan fingerprint density at radius 2 is 1.97 bits per heavy atom. The van der Waals surface area contributed by atoms with E-state index in [-0.39, 0.29) is 17.9 Å². The third-order valence-electron chi connectivity index (χ3n) is 3.88. The fourth-order valence-corrected chi connectivity index (χ4v) is 4.11. The van der Waals surface area contributed by atoms with Crippen molar-refractivity contribution in [1.29, 1.82) is 0 Å². The number of nitrogen functional groups attached to an aromatic ring is 1. The van der Waals surface area contributed by atoms with Crippen molar-refractivity contribution in [3.8, 4) is 17.0 Å². The normalized spacial score (nSPS) is 11.2. The number of nitrogens with one attached hydrogen (secondary N) is 1. The molecule has 0 saturated heterocycles. The summed E-state index contributed by atoms with van der Waals surface area (Å²) in [7, 11) is 1.59. The Labute approximate surface area is 182 Å². The SMILES string of the molecule is COCCOc1cc(-c2nc(N)nc3sc(C(=O)NC(C)C)cc23)c(Cl)cc1Cl. The first-order valence-corrected chi connectivity index (χ1v) is 10.4. The van der Waals surface area contributed by atoms with Crippen LogP contribution in [0.2, 0.25) is 10.0 Å². The molecular formula is C19H20Cl2N4O3S. The highest BCUT2D eigenvalue weighted by atomic mass is 35.5. The first kappa shape index (κ1) is 21.6. The molecule has 0 aliphatic carbocycles. The van der Waals surface area contributed by atoms with E-state index < -0.39 is 0 Å². The number of halogens is 2. The number of rotatable bonds is 7. The summed E-state index contributed by atoms with van der Waals surface area (Å²) in [6.07, 6.45) is 0. The number of carbonyl (C=O) groups is 1. The van der Waals surface area contributed by atoms with Crippen molar-refractivity contribution in [3.63, 3.8) is 0 Å². The molecule has 0 bridgehead atoms. The molecule has 0 aliphatic heterocycles. The van der Waals surface area contributed by atoms with Gasteiger partial charge in [-0.15, -0.1) is 11.3 Å². The molecule has 3 aromatic rings. The molecule has 3 rings (SSSR count). The molecule has 10 heteroatoms. The maximum absolute atomic E-state index is 12.4. The minimum Gasteiger partial charge on any atom is -0.490 e. The fourth-order valence-electron chi connectivity index (χ4n) is 2.64. The maximum Gasteiger partial charge on any atom is 0.261 e. The van der Waals surface area contributed by atoms with E-state index in [9.17, 15) is 4.79 Å². The second-order valence-electron chi connectivity index (χ2n) is 6.49. The molecule has 29 heavy (non-hydrogen) atoms. The van der Waals surface area contributed by atoms with Crippen molar-refractivity contribution in [2.45, 2.75) is 19.9 Å². The summed E-state index contributed by atoms with van der Waals surface area (Å²) < 4.78 is 10.7. The van der Waals surface area contributed by atoms with Crippen LogP contribution in [0.15, 0.2) is 18.2 Å². The molecule has 0 aliphatic rings. The van der Waals surface area contributed by atoms with Gasteiger partial charge >= 0.3 is 0 Å². The topological polar surface area (TPSA) is 99.4 Å². The molecule has 0 saturated carbocycles. The fraction of sp³-hybridized carbons (Fsp3) is 0.316. The van der Waals surface area contributed by atoms with E-state index in [0.29, 0.717) is 55.4 Å². The molecule has 0 atom stereocenters. The number of thiophene rings is 1. The van der Waals surface area contributed by atoms with E-state index in [4.69, 9.17) is 38.4 Å². The lowest BCUT2D eigenvalue weighted by Crippen LogP contribution is -2.29. The molecule has 0 radical (unpaired) electrons. The van der Waals surface area contributed by atoms with Gasteiger partial charge in [0.2, 0.25) is 5.95 Å². The molecule has 1 amide bonds. The van der Waals surface area contributed by atoms with Gasteiger partial charge in [0, 0.05) is 24.1 Å². The number of amides is 1. The van der Waals surface area contributed by atoms with E-state index in [0.717, 1.165) is 0 Å². The molecule has 0 spiro atoms. The van der Waals surface area contributed by atoms with Gasteiger partial charge in [0.05, 0.1) is 27.2 Å². The van der Waals surface area contributed by atoms with Gasteiger partial charge in [-0.3, -0.25) is 4.79 Å². The first-order chi connectivity index (χ1) is 13.8. The zero-order chi connectivity index (χ0) is 21.1. The third-order valence-corrected chi connectivity index (χ3v) is 5.51. The molecular weight excluding hydrogens is 435 g/mol. The molecule has 1 aromatic carbocycles. The lowest BCUT2D eigenvalue weighted by atomic mass is 10.1. The lowest BCUT2D eigenvalue weighted by Gasteiger charge is -2.12. The van der Waals surface area contributed by atoms with Crippen LogP contribution < -0.4 is 15.8 Å². The molecule has 2 heterocycles. The monoisotopic (exact) mass is 454 g/mol. The Balaban J connectivity index is 2.10. The Kier molecular flexibility index (Phi) is 6.79. The van der Waals surface area contributed by atoms with Crippen LogP contribution in [0.1, 0.15) is 23.5 Å². The summed E-state index contributed by atoms with van der Waals surface area (Å²) in [4.78, 5) is 22.1. The van der Waals surface area contributed by atoms with Crippen LogP contribution in [0.3, 0.4) is 0 Å². The average Bonchev–Trinajstić information content (AvgIpc) is 3.06. The Morgan fingerprint density at radius 1 is 1.21 bits per heavy atom. The number of hydrogen-bond acceptors (Lipinski definition) is 7. The van der Waals surface area contributed by atoms with Gasteiger partial charge in [-0.1, -0.05) is 23.2 Å². The van der Waals surface area contributed by atoms with Crippen molar-refractivity contribution in [2.24, 2.45) is 0 Å². The Morgan fingerprint density at radius 3 is 2.66 bits per heavy atom. The number of carbonyl (C=O) groups excluding carboxylic acids is 1. The summed E-state index contributed by atoms with van der Waals surface area (Å²) in [6, 6.07) is 5.04. The summed E-state index contributed by atoms with van der Waals surface area (Å²) in [5.41, 5.74) is 7.00. The molecule has 3 N–H and O–H groups in total. The van der Waals surface area contributed by atoms with Gasteiger partial charge in [-0.05, 0) is 32.0 Å². The highest BCUT2D eigenvalue weighted by molar-refractivity contribution is 7.20. The number of methoxy groups -OCH3 is 1. The quantitative estimate of drug-likeness (QED) is 0.512. The predicted molar refractivity (Wildman–Crippen MR) is 117 cm³/mol. The van der Waals surface area contributed by atoms with Gasteiger partial charge in [0.15, 0.2) is 0 Å². The average molecular weight is 455 g/mol. The Bertz CT molecular complexity index is 1060. The predicted octanol–water partition coefficient (Wildman–Crippen LogP) is 4.41. The smallest absolute Gasteiger partial charge is 0.261 e. The van der Waals surface area contributed by atoms with Crippen LogP contribution in [-0.2, 0) is 4.74 Å². The second kappa shape index (κ2) is 9.13. The summed E-state index contributed by atoms with van der Waals surface area (Å²) in [5.74, 6) is 0.345. The highest BCUT2D eigenvalue weighted by Crippen LogP contribution is 2.40. The van der Waals surface area contributed by atoms with Gasteiger partial charge in [-0.2, -0.15) is 0 Å². The summed E-state index contributed by atoms with van der Waals surface area (Å²) >= 11 is 13.9. The number of aromatic nitrogens is 2. The molecule has 7 nitrogen and oxygen atoms in total. The lowest BCUT2D eigenvalue weighted by molar-refractivity contribution is 0.0947. The van der Waals surface area contributed by atoms with Crippen LogP contribution in [-0.4, -0.2) is 42.2 Å². The molecule has 0 unspecified atom stereocenters. The number of benzene rings is 1. The van der Waals surface area contributed by atoms with Gasteiger partial charge in [-0.25, -0.2) is 9.97 Å². The van der Waals surface area contributed by atoms with E-state index >= 15 is 0 Å². The minimum atomic E-state index is -0.182. The van der Waals surface area contributed by atoms with E-state index in [1.54, 1.807) is 25.3 Å². The first-order valence-electron chi connectivity index (χ1n) is 8.79. The largest absolute Gasteiger partial charge is 0.490 e. The molecule has 0 fully saturated rings. The van der Waals surface area contributed by atoms with E-state index in [2.05, 4.69) is 15.3 Å². The van der Waals surface area contributed by atoms with Crippen LogP contribution >= 0.6 is 34.5 Å². The molecule has 2 aromatic heterocycles. The number of hydrogen-bond donors (Lipinski definition) is 2. The van der Waals surface area contributed by atoms with Crippen molar-refractivity contribution < 1.29 is 14.3 Å². The zero-order valence-electron chi connectivity index (χ0n) is 16.1. The number of anilines is 1. The van der Waals surface area contributed by atoms with Crippen molar-refractivity contribution in [3.05, 3.63) is 33.1 Å². The van der Waals surface area contributed by atoms with Gasteiger partial charge in [0.25, 0.3) is 5.91 Å². The molecule has 154 valence electrons. The van der Waals surface area contributed by atoms with Crippen molar-refractivity contribution >= 4 is 56.6 Å². The number of nitrogens with two attached hydrogens (primary N) is 1. The number of nitrogens with zero attached hydrogens (tertiary/aromatic N) is 2. The van der Waals surface area contributed by atoms with E-state index in [1.165, 1.54) is 11.3 Å². The minimum absolute atomic E-state index is 0.0147. The third kappa shape index (κ3) is 4.90. The number of ether oxygens (including phenoxy) is 2. The number of fused-ring (bicyclic) bond motifs is 1. The maximum atomic E-state index is 12.4. The van der Waals surface area contributed by atoms with Crippen molar-refractivity contribution in [1.82, 2.24) is 15.3 Å². The highest BCUT2D eigenvalue weighted by Gasteiger charge is 2.19. The summed E-state index contributed by atoms with van der Waals surface area (Å²) in [5, 5.41) is 4.29. The Hall–Kier alpha value is -2.13. The zero-order valence-corrected chi connectivity index (χ0v) is 18.4. The van der Waals surface area contributed by atoms with Crippen molar-refractivity contribution in [2.75, 3.05) is 26.1 Å². The van der Waals surface area contributed by atoms with Crippen LogP contribution in [0, 0.1) is 0 Å². The van der Waals surface area contributed by atoms with Gasteiger partial charge < -0.3 is 20.5 Å². The summed E-state index contributed by atoms with van der Waals surface area (Å²) in [6.45, 7) is 4.54. The van der Waals surface area contributed by atoms with Crippen LogP contribution in [0.25, 0.3) is 21.5 Å². The van der Waals surface area contributed by atoms with Gasteiger partial charge in [0.1, 0.15) is 17.2 Å². The van der Waals surface area contributed by atoms with Crippen LogP contribution in [0.5, 0.6) is 5.75 Å². The second-order valence-corrected chi connectivity index (χ2v) is 8.34. The van der Waals surface area contributed by atoms with E-state index in [1.807, 2.05) is 13.8 Å². The van der Waals surface area contributed by atoms with Crippen LogP contribution in [0.4, 0.5) is 5.95 Å².